The number of hydrogen-bond acceptors (Lipinski definition) is 5. The van der Waals surface area contributed by atoms with Crippen LogP contribution in [-0.2, 0) is 35.8 Å². The number of aryl methyl sites for hydroxylation is 3. The minimum Gasteiger partial charge on any atom is -0.450 e. The standard InChI is InChI=1S/C22H29N3O4S/c1-12-8-9-15-10-14-6-5-7-16(14)20(19(12)15)24-21(26)25(23)30(28)18-11-17(13(2)29-18)22(3,4)27/h10-12,27H,5-9,23H2,1-4H3,(H,24,26). The van der Waals surface area contributed by atoms with E-state index in [0.29, 0.717) is 21.7 Å². The number of urea groups is 1. The molecule has 2 unspecified atom stereocenters. The van der Waals surface area contributed by atoms with E-state index < -0.39 is 22.6 Å². The van der Waals surface area contributed by atoms with E-state index in [1.165, 1.54) is 28.3 Å². The van der Waals surface area contributed by atoms with Crippen LogP contribution in [0, 0.1) is 6.92 Å². The van der Waals surface area contributed by atoms with Gasteiger partial charge >= 0.3 is 6.03 Å². The van der Waals surface area contributed by atoms with Gasteiger partial charge in [0.1, 0.15) is 5.76 Å². The summed E-state index contributed by atoms with van der Waals surface area (Å²) >= 11 is 0. The Balaban J connectivity index is 1.60. The van der Waals surface area contributed by atoms with Crippen molar-refractivity contribution in [3.8, 4) is 0 Å². The van der Waals surface area contributed by atoms with Gasteiger partial charge in [-0.2, -0.15) is 4.41 Å². The number of nitrogens with one attached hydrogen (secondary N) is 1. The number of nitrogens with zero attached hydrogens (tertiary/aromatic N) is 1. The van der Waals surface area contributed by atoms with E-state index in [1.807, 2.05) is 0 Å². The number of rotatable bonds is 4. The summed E-state index contributed by atoms with van der Waals surface area (Å²) in [5, 5.41) is 13.2. The lowest BCUT2D eigenvalue weighted by molar-refractivity contribution is 0.0769. The number of benzene rings is 1. The van der Waals surface area contributed by atoms with E-state index in [0.717, 1.165) is 37.8 Å². The highest BCUT2D eigenvalue weighted by atomic mass is 32.2. The number of nitrogens with two attached hydrogens (primary N) is 1. The number of hydrazine groups is 1. The van der Waals surface area contributed by atoms with Crippen LogP contribution in [-0.4, -0.2) is 19.8 Å². The number of hydrogen-bond donors (Lipinski definition) is 3. The van der Waals surface area contributed by atoms with Gasteiger partial charge < -0.3 is 14.8 Å². The van der Waals surface area contributed by atoms with Crippen molar-refractivity contribution in [1.29, 1.82) is 0 Å². The summed E-state index contributed by atoms with van der Waals surface area (Å²) in [6.07, 6.45) is 5.08. The van der Waals surface area contributed by atoms with Crippen LogP contribution < -0.4 is 11.2 Å². The van der Waals surface area contributed by atoms with Crippen molar-refractivity contribution in [3.05, 3.63) is 45.7 Å². The normalized spacial score (nSPS) is 18.8. The molecule has 162 valence electrons. The second-order valence-electron chi connectivity index (χ2n) is 8.85. The summed E-state index contributed by atoms with van der Waals surface area (Å²) in [4.78, 5) is 12.9. The van der Waals surface area contributed by atoms with E-state index in [-0.39, 0.29) is 5.09 Å². The van der Waals surface area contributed by atoms with Gasteiger partial charge in [-0.15, -0.1) is 0 Å². The molecule has 0 saturated carbocycles. The van der Waals surface area contributed by atoms with Gasteiger partial charge in [0.2, 0.25) is 16.1 Å². The Morgan fingerprint density at radius 3 is 2.70 bits per heavy atom. The second kappa shape index (κ2) is 7.51. The van der Waals surface area contributed by atoms with Gasteiger partial charge in [0, 0.05) is 17.3 Å². The molecular formula is C22H29N3O4S. The maximum atomic E-state index is 12.9. The van der Waals surface area contributed by atoms with Gasteiger partial charge in [-0.3, -0.25) is 0 Å². The lowest BCUT2D eigenvalue weighted by atomic mass is 9.95. The van der Waals surface area contributed by atoms with Crippen molar-refractivity contribution in [2.24, 2.45) is 5.84 Å². The van der Waals surface area contributed by atoms with Crippen LogP contribution in [0.2, 0.25) is 0 Å². The maximum absolute atomic E-state index is 12.9. The third-order valence-electron chi connectivity index (χ3n) is 6.20. The number of aliphatic hydroxyl groups is 1. The predicted octanol–water partition coefficient (Wildman–Crippen LogP) is 3.78. The van der Waals surface area contributed by atoms with Crippen molar-refractivity contribution in [2.75, 3.05) is 5.32 Å². The summed E-state index contributed by atoms with van der Waals surface area (Å²) in [5.74, 6) is 6.73. The molecule has 4 rings (SSSR count). The molecular weight excluding hydrogens is 402 g/mol. The minimum atomic E-state index is -2.04. The number of amides is 2. The zero-order chi connectivity index (χ0) is 21.8. The minimum absolute atomic E-state index is 0.0270. The fourth-order valence-electron chi connectivity index (χ4n) is 4.73. The van der Waals surface area contributed by atoms with Crippen LogP contribution in [0.5, 0.6) is 0 Å². The Bertz CT molecular complexity index is 1040. The number of carbonyl (C=O) groups is 1. The average Bonchev–Trinajstić information content (AvgIpc) is 3.38. The molecule has 1 aromatic carbocycles. The number of carbonyl (C=O) groups excluding carboxylic acids is 1. The van der Waals surface area contributed by atoms with Gasteiger partial charge in [-0.05, 0) is 81.0 Å². The molecule has 1 aromatic heterocycles. The van der Waals surface area contributed by atoms with Crippen LogP contribution in [0.3, 0.4) is 0 Å². The molecule has 2 aliphatic carbocycles. The zero-order valence-corrected chi connectivity index (χ0v) is 18.7. The second-order valence-corrected chi connectivity index (χ2v) is 10.1. The topological polar surface area (TPSA) is 109 Å². The highest BCUT2D eigenvalue weighted by Gasteiger charge is 2.31. The fourth-order valence-corrected chi connectivity index (χ4v) is 5.54. The number of anilines is 1. The largest absolute Gasteiger partial charge is 0.450 e. The first-order valence-electron chi connectivity index (χ1n) is 10.4. The van der Waals surface area contributed by atoms with Gasteiger partial charge in [-0.1, -0.05) is 13.0 Å². The third-order valence-corrected chi connectivity index (χ3v) is 7.27. The van der Waals surface area contributed by atoms with Gasteiger partial charge in [0.15, 0.2) is 0 Å². The molecule has 0 fully saturated rings. The lowest BCUT2D eigenvalue weighted by Gasteiger charge is -2.21. The monoisotopic (exact) mass is 431 g/mol. The first-order chi connectivity index (χ1) is 14.1. The van der Waals surface area contributed by atoms with E-state index in [2.05, 4.69) is 18.3 Å². The number of fused-ring (bicyclic) bond motifs is 2. The summed E-state index contributed by atoms with van der Waals surface area (Å²) in [7, 11) is -2.04. The Labute approximate surface area is 179 Å². The van der Waals surface area contributed by atoms with E-state index in [9.17, 15) is 14.1 Å². The quantitative estimate of drug-likeness (QED) is 0.388. The number of furan rings is 1. The lowest BCUT2D eigenvalue weighted by Crippen LogP contribution is -2.42. The Kier molecular flexibility index (Phi) is 5.28. The molecule has 2 aliphatic rings. The van der Waals surface area contributed by atoms with Crippen LogP contribution in [0.15, 0.2) is 21.6 Å². The fraction of sp³-hybridized carbons (Fsp3) is 0.500. The van der Waals surface area contributed by atoms with E-state index in [1.54, 1.807) is 20.8 Å². The highest BCUT2D eigenvalue weighted by Crippen LogP contribution is 2.44. The van der Waals surface area contributed by atoms with Crippen LogP contribution in [0.25, 0.3) is 0 Å². The Morgan fingerprint density at radius 2 is 2.03 bits per heavy atom. The van der Waals surface area contributed by atoms with Crippen LogP contribution in [0.4, 0.5) is 10.5 Å². The molecule has 0 spiro atoms. The van der Waals surface area contributed by atoms with Gasteiger partial charge in [-0.25, -0.2) is 14.8 Å². The molecule has 2 aromatic rings. The Hall–Kier alpha value is -2.16. The summed E-state index contributed by atoms with van der Waals surface area (Å²) in [6, 6.07) is 3.13. The predicted molar refractivity (Wildman–Crippen MR) is 115 cm³/mol. The molecule has 30 heavy (non-hydrogen) atoms. The summed E-state index contributed by atoms with van der Waals surface area (Å²) < 4.78 is 19.1. The molecule has 1 heterocycles. The summed E-state index contributed by atoms with van der Waals surface area (Å²) in [6.45, 7) is 7.07. The molecule has 0 saturated heterocycles. The van der Waals surface area contributed by atoms with Crippen molar-refractivity contribution in [2.45, 2.75) is 76.4 Å². The molecule has 8 heteroatoms. The van der Waals surface area contributed by atoms with Gasteiger partial charge in [0.25, 0.3) is 0 Å². The molecule has 4 N–H and O–H groups in total. The van der Waals surface area contributed by atoms with Crippen LogP contribution >= 0.6 is 0 Å². The highest BCUT2D eigenvalue weighted by molar-refractivity contribution is 7.83. The van der Waals surface area contributed by atoms with Crippen molar-refractivity contribution < 1.29 is 18.5 Å². The van der Waals surface area contributed by atoms with E-state index >= 15 is 0 Å². The van der Waals surface area contributed by atoms with Gasteiger partial charge in [0.05, 0.1) is 5.60 Å². The zero-order valence-electron chi connectivity index (χ0n) is 17.9. The first kappa shape index (κ1) is 21.1. The summed E-state index contributed by atoms with van der Waals surface area (Å²) in [5.41, 5.74) is 5.13. The maximum Gasteiger partial charge on any atom is 0.348 e. The van der Waals surface area contributed by atoms with E-state index in [4.69, 9.17) is 10.3 Å². The average molecular weight is 432 g/mol. The molecule has 0 radical (unpaired) electrons. The Morgan fingerprint density at radius 1 is 1.30 bits per heavy atom. The molecule has 0 bridgehead atoms. The van der Waals surface area contributed by atoms with Crippen molar-refractivity contribution >= 4 is 22.7 Å². The third kappa shape index (κ3) is 3.57. The molecule has 7 nitrogen and oxygen atoms in total. The van der Waals surface area contributed by atoms with Crippen molar-refractivity contribution in [3.63, 3.8) is 0 Å². The van der Waals surface area contributed by atoms with Crippen LogP contribution in [0.1, 0.15) is 73.1 Å². The molecule has 2 amide bonds. The molecule has 2 atom stereocenters. The smallest absolute Gasteiger partial charge is 0.348 e. The molecule has 0 aliphatic heterocycles. The van der Waals surface area contributed by atoms with Crippen molar-refractivity contribution in [1.82, 2.24) is 4.41 Å². The first-order valence-corrected chi connectivity index (χ1v) is 11.5. The SMILES string of the molecule is Cc1oc(S(=O)N(N)C(=O)Nc2c3c(cc4c2C(C)CC4)CCC3)cc1C(C)(C)O.